The Hall–Kier alpha value is -3.66. The Morgan fingerprint density at radius 2 is 1.66 bits per heavy atom. The van der Waals surface area contributed by atoms with E-state index in [-0.39, 0.29) is 18.9 Å². The molecular weight excluding hydrogens is 442 g/mol. The van der Waals surface area contributed by atoms with Crippen LogP contribution in [-0.4, -0.2) is 39.4 Å². The van der Waals surface area contributed by atoms with E-state index >= 15 is 0 Å². The van der Waals surface area contributed by atoms with Crippen LogP contribution in [0.25, 0.3) is 0 Å². The number of hydrogen-bond donors (Lipinski definition) is 0. The van der Waals surface area contributed by atoms with Crippen molar-refractivity contribution in [1.29, 1.82) is 5.26 Å². The van der Waals surface area contributed by atoms with Crippen molar-refractivity contribution in [2.75, 3.05) is 0 Å². The zero-order chi connectivity index (χ0) is 26.0. The highest BCUT2D eigenvalue weighted by Crippen LogP contribution is 2.40. The molecule has 184 valence electrons. The van der Waals surface area contributed by atoms with Crippen molar-refractivity contribution in [3.8, 4) is 6.07 Å². The maximum absolute atomic E-state index is 14.1. The van der Waals surface area contributed by atoms with Gasteiger partial charge in [0.15, 0.2) is 0 Å². The Labute approximate surface area is 207 Å². The van der Waals surface area contributed by atoms with Crippen molar-refractivity contribution in [3.05, 3.63) is 71.3 Å². The van der Waals surface area contributed by atoms with Gasteiger partial charge >= 0.3 is 12.0 Å². The standard InChI is InChI=1S/C28H33N3O4/c1-19(2)16-23(24(32)35-27(3,4)5)31-25(33)28(6,22-14-12-20(17-29)13-15-22)30(26(31)34)18-21-10-8-7-9-11-21/h7-15,19,23H,16,18H2,1-6H3/t23-,28+/m1/s1. The average molecular weight is 476 g/mol. The number of esters is 1. The maximum atomic E-state index is 14.1. The first-order chi connectivity index (χ1) is 16.4. The smallest absolute Gasteiger partial charge is 0.329 e. The van der Waals surface area contributed by atoms with Crippen LogP contribution in [0.3, 0.4) is 0 Å². The summed E-state index contributed by atoms with van der Waals surface area (Å²) < 4.78 is 5.63. The van der Waals surface area contributed by atoms with E-state index in [4.69, 9.17) is 4.74 Å². The van der Waals surface area contributed by atoms with Gasteiger partial charge in [0, 0.05) is 6.54 Å². The molecule has 2 aromatic rings. The lowest BCUT2D eigenvalue weighted by atomic mass is 9.89. The van der Waals surface area contributed by atoms with Gasteiger partial charge in [0.25, 0.3) is 5.91 Å². The molecule has 7 heteroatoms. The van der Waals surface area contributed by atoms with Crippen LogP contribution in [0, 0.1) is 17.2 Å². The van der Waals surface area contributed by atoms with Gasteiger partial charge in [-0.2, -0.15) is 5.26 Å². The van der Waals surface area contributed by atoms with Crippen LogP contribution in [0.4, 0.5) is 4.79 Å². The lowest BCUT2D eigenvalue weighted by Gasteiger charge is -2.32. The maximum Gasteiger partial charge on any atom is 0.329 e. The van der Waals surface area contributed by atoms with Gasteiger partial charge in [-0.1, -0.05) is 56.3 Å². The van der Waals surface area contributed by atoms with E-state index < -0.39 is 35.1 Å². The number of carbonyl (C=O) groups excluding carboxylic acids is 3. The Balaban J connectivity index is 2.12. The van der Waals surface area contributed by atoms with Crippen molar-refractivity contribution in [2.24, 2.45) is 5.92 Å². The number of hydrogen-bond acceptors (Lipinski definition) is 5. The molecule has 1 fully saturated rings. The third kappa shape index (κ3) is 5.37. The molecule has 0 aromatic heterocycles. The number of nitrogens with zero attached hydrogens (tertiary/aromatic N) is 3. The highest BCUT2D eigenvalue weighted by atomic mass is 16.6. The molecule has 0 spiro atoms. The quantitative estimate of drug-likeness (QED) is 0.415. The number of urea groups is 1. The van der Waals surface area contributed by atoms with Gasteiger partial charge in [-0.3, -0.25) is 4.79 Å². The number of benzene rings is 2. The van der Waals surface area contributed by atoms with E-state index in [1.165, 1.54) is 4.90 Å². The van der Waals surface area contributed by atoms with Gasteiger partial charge in [0.2, 0.25) is 0 Å². The molecule has 35 heavy (non-hydrogen) atoms. The topological polar surface area (TPSA) is 90.7 Å². The molecule has 0 bridgehead atoms. The van der Waals surface area contributed by atoms with Crippen molar-refractivity contribution < 1.29 is 19.1 Å². The summed E-state index contributed by atoms with van der Waals surface area (Å²) in [6.07, 6.45) is 0.287. The Bertz CT molecular complexity index is 1130. The summed E-state index contributed by atoms with van der Waals surface area (Å²) in [5.41, 5.74) is -0.253. The van der Waals surface area contributed by atoms with Crippen molar-refractivity contribution >= 4 is 17.9 Å². The summed E-state index contributed by atoms with van der Waals surface area (Å²) in [5.74, 6) is -1.05. The largest absolute Gasteiger partial charge is 0.458 e. The molecule has 2 atom stereocenters. The molecule has 0 N–H and O–H groups in total. The van der Waals surface area contributed by atoms with E-state index in [0.717, 1.165) is 10.5 Å². The first kappa shape index (κ1) is 26.0. The summed E-state index contributed by atoms with van der Waals surface area (Å²) >= 11 is 0. The monoisotopic (exact) mass is 475 g/mol. The van der Waals surface area contributed by atoms with Gasteiger partial charge in [0.05, 0.1) is 11.6 Å². The van der Waals surface area contributed by atoms with Crippen LogP contribution in [0.1, 0.15) is 64.7 Å². The summed E-state index contributed by atoms with van der Waals surface area (Å²) in [4.78, 5) is 43.8. The van der Waals surface area contributed by atoms with Gasteiger partial charge in [-0.15, -0.1) is 0 Å². The van der Waals surface area contributed by atoms with E-state index in [1.807, 2.05) is 44.2 Å². The number of nitriles is 1. The van der Waals surface area contributed by atoms with Gasteiger partial charge in [-0.05, 0) is 63.3 Å². The van der Waals surface area contributed by atoms with Crippen molar-refractivity contribution in [3.63, 3.8) is 0 Å². The number of imide groups is 1. The fourth-order valence-electron chi connectivity index (χ4n) is 4.30. The minimum atomic E-state index is -1.36. The predicted octanol–water partition coefficient (Wildman–Crippen LogP) is 4.99. The van der Waals surface area contributed by atoms with E-state index in [1.54, 1.807) is 52.0 Å². The second kappa shape index (κ2) is 9.91. The molecule has 0 saturated carbocycles. The molecule has 0 radical (unpaired) electrons. The van der Waals surface area contributed by atoms with Crippen LogP contribution in [0.15, 0.2) is 54.6 Å². The zero-order valence-electron chi connectivity index (χ0n) is 21.2. The van der Waals surface area contributed by atoms with E-state index in [2.05, 4.69) is 6.07 Å². The lowest BCUT2D eigenvalue weighted by Crippen LogP contribution is -2.49. The molecule has 2 aromatic carbocycles. The highest BCUT2D eigenvalue weighted by Gasteiger charge is 2.58. The van der Waals surface area contributed by atoms with Crippen LogP contribution in [-0.2, 0) is 26.4 Å². The minimum Gasteiger partial charge on any atom is -0.458 e. The molecule has 3 rings (SSSR count). The molecule has 3 amide bonds. The van der Waals surface area contributed by atoms with Crippen LogP contribution < -0.4 is 0 Å². The first-order valence-electron chi connectivity index (χ1n) is 11.8. The molecule has 1 aliphatic rings. The fraction of sp³-hybridized carbons (Fsp3) is 0.429. The SMILES string of the molecule is CC(C)C[C@H](C(=O)OC(C)(C)C)N1C(=O)N(Cc2ccccc2)[C@@](C)(c2ccc(C#N)cc2)C1=O. The Morgan fingerprint density at radius 1 is 1.06 bits per heavy atom. The zero-order valence-corrected chi connectivity index (χ0v) is 21.2. The molecule has 0 aliphatic carbocycles. The lowest BCUT2D eigenvalue weighted by molar-refractivity contribution is -0.163. The number of carbonyl (C=O) groups is 3. The van der Waals surface area contributed by atoms with Crippen LogP contribution in [0.5, 0.6) is 0 Å². The van der Waals surface area contributed by atoms with Gasteiger partial charge < -0.3 is 9.64 Å². The molecule has 0 unspecified atom stereocenters. The summed E-state index contributed by atoms with van der Waals surface area (Å²) in [5, 5.41) is 9.21. The summed E-state index contributed by atoms with van der Waals surface area (Å²) in [6.45, 7) is 11.0. The first-order valence-corrected chi connectivity index (χ1v) is 11.8. The summed E-state index contributed by atoms with van der Waals surface area (Å²) in [7, 11) is 0. The Kier molecular flexibility index (Phi) is 7.35. The van der Waals surface area contributed by atoms with E-state index in [9.17, 15) is 19.6 Å². The molecule has 1 saturated heterocycles. The number of amides is 3. The molecule has 1 aliphatic heterocycles. The van der Waals surface area contributed by atoms with E-state index in [0.29, 0.717) is 11.1 Å². The number of ether oxygens (including phenoxy) is 1. The highest BCUT2D eigenvalue weighted by molar-refractivity contribution is 6.09. The van der Waals surface area contributed by atoms with Gasteiger partial charge in [0.1, 0.15) is 17.2 Å². The molecule has 1 heterocycles. The summed E-state index contributed by atoms with van der Waals surface area (Å²) in [6, 6.07) is 16.5. The van der Waals surface area contributed by atoms with Crippen LogP contribution >= 0.6 is 0 Å². The second-order valence-corrected chi connectivity index (χ2v) is 10.5. The predicted molar refractivity (Wildman–Crippen MR) is 132 cm³/mol. The minimum absolute atomic E-state index is 0.0393. The Morgan fingerprint density at radius 3 is 2.17 bits per heavy atom. The molecule has 7 nitrogen and oxygen atoms in total. The van der Waals surface area contributed by atoms with Crippen LogP contribution in [0.2, 0.25) is 0 Å². The average Bonchev–Trinajstić information content (AvgIpc) is 2.98. The van der Waals surface area contributed by atoms with Gasteiger partial charge in [-0.25, -0.2) is 14.5 Å². The third-order valence-electron chi connectivity index (χ3n) is 6.06. The third-order valence-corrected chi connectivity index (χ3v) is 6.06. The normalized spacial score (nSPS) is 19.1. The number of rotatable bonds is 7. The fourth-order valence-corrected chi connectivity index (χ4v) is 4.30. The molecular formula is C28H33N3O4. The van der Waals surface area contributed by atoms with Crippen molar-refractivity contribution in [2.45, 2.75) is 71.7 Å². The van der Waals surface area contributed by atoms with Crippen molar-refractivity contribution in [1.82, 2.24) is 9.80 Å². The second-order valence-electron chi connectivity index (χ2n) is 10.5.